The van der Waals surface area contributed by atoms with E-state index < -0.39 is 23.0 Å². The number of para-hydroxylation sites is 1. The summed E-state index contributed by atoms with van der Waals surface area (Å²) in [5.41, 5.74) is 0.198. The Labute approximate surface area is 180 Å². The Hall–Kier alpha value is -4.28. The van der Waals surface area contributed by atoms with Crippen LogP contribution in [0.25, 0.3) is 11.8 Å². The third-order valence-corrected chi connectivity index (χ3v) is 4.64. The Balaban J connectivity index is 1.89. The van der Waals surface area contributed by atoms with Crippen LogP contribution >= 0.6 is 0 Å². The minimum atomic E-state index is -3.15. The molecule has 1 N–H and O–H groups in total. The van der Waals surface area contributed by atoms with E-state index >= 15 is 0 Å². The topological polar surface area (TPSA) is 108 Å². The number of rotatable bonds is 7. The van der Waals surface area contributed by atoms with Gasteiger partial charge in [0.25, 0.3) is 11.2 Å². The number of nitrogens with zero attached hydrogens (tertiary/aromatic N) is 3. The van der Waals surface area contributed by atoms with Gasteiger partial charge in [-0.2, -0.15) is 8.78 Å². The minimum absolute atomic E-state index is 0.0362. The molecular formula is C21H18F2N4O5. The van der Waals surface area contributed by atoms with Gasteiger partial charge in [-0.05, 0) is 31.2 Å². The molecule has 1 aromatic heterocycles. The van der Waals surface area contributed by atoms with Crippen molar-refractivity contribution in [2.45, 2.75) is 13.5 Å². The molecule has 0 unspecified atom stereocenters. The van der Waals surface area contributed by atoms with E-state index in [1.807, 2.05) is 0 Å². The summed E-state index contributed by atoms with van der Waals surface area (Å²) in [6.45, 7) is -1.50. The van der Waals surface area contributed by atoms with Crippen molar-refractivity contribution >= 4 is 23.4 Å². The van der Waals surface area contributed by atoms with Gasteiger partial charge >= 0.3 is 6.61 Å². The fourth-order valence-electron chi connectivity index (χ4n) is 3.03. The van der Waals surface area contributed by atoms with E-state index in [4.69, 9.17) is 0 Å². The monoisotopic (exact) mass is 444 g/mol. The first kappa shape index (κ1) is 22.4. The largest absolute Gasteiger partial charge is 0.434 e. The lowest BCUT2D eigenvalue weighted by Gasteiger charge is -2.07. The SMILES string of the molecule is Cc1c(NC(=O)C=Cc2cc([N+](=O)[O-])ccc2OC(F)F)c(=O)n(-c2ccccc2)n1C. The molecule has 1 amide bonds. The number of halogens is 2. The van der Waals surface area contributed by atoms with Gasteiger partial charge in [0, 0.05) is 30.8 Å². The lowest BCUT2D eigenvalue weighted by atomic mass is 10.1. The maximum absolute atomic E-state index is 12.8. The molecule has 2 aromatic carbocycles. The van der Waals surface area contributed by atoms with Gasteiger partial charge in [0.1, 0.15) is 11.4 Å². The second kappa shape index (κ2) is 9.25. The number of benzene rings is 2. The van der Waals surface area contributed by atoms with Crippen molar-refractivity contribution in [3.8, 4) is 11.4 Å². The van der Waals surface area contributed by atoms with Crippen LogP contribution in [0.5, 0.6) is 5.75 Å². The second-order valence-electron chi connectivity index (χ2n) is 6.62. The van der Waals surface area contributed by atoms with Gasteiger partial charge in [0.2, 0.25) is 5.91 Å². The zero-order valence-corrected chi connectivity index (χ0v) is 17.0. The Kier molecular flexibility index (Phi) is 6.47. The van der Waals surface area contributed by atoms with Crippen molar-refractivity contribution < 1.29 is 23.2 Å². The third-order valence-electron chi connectivity index (χ3n) is 4.64. The maximum Gasteiger partial charge on any atom is 0.387 e. The molecule has 0 spiro atoms. The van der Waals surface area contributed by atoms with Crippen molar-refractivity contribution in [2.75, 3.05) is 5.32 Å². The number of non-ortho nitro benzene ring substituents is 1. The number of hydrogen-bond acceptors (Lipinski definition) is 5. The quantitative estimate of drug-likeness (QED) is 0.340. The Morgan fingerprint density at radius 1 is 1.22 bits per heavy atom. The standard InChI is InChI=1S/C21H18F2N4O5/c1-13-19(20(29)26(25(13)2)15-6-4-3-5-7-15)24-18(28)11-8-14-12-16(27(30)31)9-10-17(14)32-21(22)23/h3-12,21H,1-2H3,(H,24,28). The highest BCUT2D eigenvalue weighted by Gasteiger charge is 2.18. The molecule has 0 aliphatic carbocycles. The molecule has 0 bridgehead atoms. The predicted molar refractivity (Wildman–Crippen MR) is 113 cm³/mol. The van der Waals surface area contributed by atoms with E-state index in [1.54, 1.807) is 49.0 Å². The molecule has 0 saturated heterocycles. The molecule has 1 heterocycles. The maximum atomic E-state index is 12.8. The molecule has 11 heteroatoms. The molecule has 3 aromatic rings. The summed E-state index contributed by atoms with van der Waals surface area (Å²) in [5, 5.41) is 13.4. The first-order valence-corrected chi connectivity index (χ1v) is 9.25. The molecule has 9 nitrogen and oxygen atoms in total. The number of amides is 1. The van der Waals surface area contributed by atoms with Gasteiger partial charge in [-0.25, -0.2) is 4.68 Å². The normalized spacial score (nSPS) is 11.2. The summed E-state index contributed by atoms with van der Waals surface area (Å²) in [6.07, 6.45) is 2.06. The third kappa shape index (κ3) is 4.72. The Morgan fingerprint density at radius 3 is 2.53 bits per heavy atom. The van der Waals surface area contributed by atoms with E-state index in [-0.39, 0.29) is 22.7 Å². The Morgan fingerprint density at radius 2 is 1.91 bits per heavy atom. The van der Waals surface area contributed by atoms with Gasteiger partial charge in [0.15, 0.2) is 0 Å². The van der Waals surface area contributed by atoms with Crippen LogP contribution < -0.4 is 15.6 Å². The highest BCUT2D eigenvalue weighted by Crippen LogP contribution is 2.27. The molecule has 0 aliphatic heterocycles. The van der Waals surface area contributed by atoms with Gasteiger partial charge in [-0.3, -0.25) is 24.4 Å². The van der Waals surface area contributed by atoms with E-state index in [1.165, 1.54) is 4.68 Å². The smallest absolute Gasteiger partial charge is 0.387 e. The summed E-state index contributed by atoms with van der Waals surface area (Å²) >= 11 is 0. The minimum Gasteiger partial charge on any atom is -0.434 e. The highest BCUT2D eigenvalue weighted by molar-refractivity contribution is 6.02. The highest BCUT2D eigenvalue weighted by atomic mass is 19.3. The fraction of sp³-hybridized carbons (Fsp3) is 0.143. The van der Waals surface area contributed by atoms with Crippen LogP contribution in [0.2, 0.25) is 0 Å². The number of alkyl halides is 2. The number of nitrogens with one attached hydrogen (secondary N) is 1. The van der Waals surface area contributed by atoms with Crippen LogP contribution in [0.15, 0.2) is 59.4 Å². The van der Waals surface area contributed by atoms with Crippen LogP contribution in [-0.2, 0) is 11.8 Å². The number of aromatic nitrogens is 2. The van der Waals surface area contributed by atoms with E-state index in [0.29, 0.717) is 11.4 Å². The molecule has 0 atom stereocenters. The van der Waals surface area contributed by atoms with Crippen LogP contribution in [0.4, 0.5) is 20.2 Å². The summed E-state index contributed by atoms with van der Waals surface area (Å²) in [7, 11) is 1.66. The van der Waals surface area contributed by atoms with E-state index in [2.05, 4.69) is 10.1 Å². The fourth-order valence-corrected chi connectivity index (χ4v) is 3.03. The number of hydrogen-bond donors (Lipinski definition) is 1. The van der Waals surface area contributed by atoms with E-state index in [0.717, 1.165) is 30.4 Å². The number of carbonyl (C=O) groups excluding carboxylic acids is 1. The van der Waals surface area contributed by atoms with E-state index in [9.17, 15) is 28.5 Å². The second-order valence-corrected chi connectivity index (χ2v) is 6.62. The van der Waals surface area contributed by atoms with Gasteiger partial charge in [-0.15, -0.1) is 0 Å². The summed E-state index contributed by atoms with van der Waals surface area (Å²) in [4.78, 5) is 35.5. The average molecular weight is 444 g/mol. The lowest BCUT2D eigenvalue weighted by Crippen LogP contribution is -2.22. The lowest BCUT2D eigenvalue weighted by molar-refractivity contribution is -0.384. The molecule has 0 saturated carbocycles. The van der Waals surface area contributed by atoms with Crippen LogP contribution in [0.3, 0.4) is 0 Å². The number of anilines is 1. The zero-order valence-electron chi connectivity index (χ0n) is 17.0. The number of nitro groups is 1. The van der Waals surface area contributed by atoms with Crippen molar-refractivity contribution in [1.29, 1.82) is 0 Å². The van der Waals surface area contributed by atoms with Gasteiger partial charge < -0.3 is 10.1 Å². The summed E-state index contributed by atoms with van der Waals surface area (Å²) < 4.78 is 32.5. The van der Waals surface area contributed by atoms with Crippen LogP contribution in [0.1, 0.15) is 11.3 Å². The molecule has 32 heavy (non-hydrogen) atoms. The Bertz CT molecular complexity index is 1250. The first-order chi connectivity index (χ1) is 15.2. The summed E-state index contributed by atoms with van der Waals surface area (Å²) in [5.74, 6) is -1.07. The van der Waals surface area contributed by atoms with Gasteiger partial charge in [0.05, 0.1) is 16.3 Å². The van der Waals surface area contributed by atoms with Crippen LogP contribution in [-0.4, -0.2) is 26.8 Å². The zero-order chi connectivity index (χ0) is 23.4. The first-order valence-electron chi connectivity index (χ1n) is 9.25. The predicted octanol–water partition coefficient (Wildman–Crippen LogP) is 3.65. The average Bonchev–Trinajstić information content (AvgIpc) is 2.96. The molecule has 166 valence electrons. The number of nitro benzene ring substituents is 1. The molecular weight excluding hydrogens is 426 g/mol. The molecule has 0 aliphatic rings. The van der Waals surface area contributed by atoms with Crippen molar-refractivity contribution in [3.63, 3.8) is 0 Å². The molecule has 0 fully saturated rings. The van der Waals surface area contributed by atoms with Crippen molar-refractivity contribution in [2.24, 2.45) is 7.05 Å². The van der Waals surface area contributed by atoms with Gasteiger partial charge in [-0.1, -0.05) is 18.2 Å². The van der Waals surface area contributed by atoms with Crippen LogP contribution in [0, 0.1) is 17.0 Å². The van der Waals surface area contributed by atoms with Crippen molar-refractivity contribution in [3.05, 3.63) is 86.3 Å². The number of ether oxygens (including phenoxy) is 1. The summed E-state index contributed by atoms with van der Waals surface area (Å²) in [6, 6.07) is 11.8. The molecule has 0 radical (unpaired) electrons. The number of carbonyl (C=O) groups is 1. The van der Waals surface area contributed by atoms with Crippen molar-refractivity contribution in [1.82, 2.24) is 9.36 Å². The molecule has 3 rings (SSSR count).